The second-order valence-electron chi connectivity index (χ2n) is 8.15. The average Bonchev–Trinajstić information content (AvgIpc) is 2.98. The largest absolute Gasteiger partial charge is 0.573 e. The van der Waals surface area contributed by atoms with Gasteiger partial charge in [0, 0.05) is 5.56 Å². The fraction of sp³-hybridized carbons (Fsp3) is 0.348. The molecule has 2 aromatic carbocycles. The third kappa shape index (κ3) is 5.48. The second kappa shape index (κ2) is 9.34. The lowest BCUT2D eigenvalue weighted by atomic mass is 9.85. The van der Waals surface area contributed by atoms with Crippen molar-refractivity contribution in [3.63, 3.8) is 0 Å². The highest BCUT2D eigenvalue weighted by Gasteiger charge is 2.47. The monoisotopic (exact) mass is 480 g/mol. The summed E-state index contributed by atoms with van der Waals surface area (Å²) >= 11 is 0. The molecule has 0 aromatic heterocycles. The number of nitrogens with one attached hydrogen (secondary N) is 1. The van der Waals surface area contributed by atoms with Crippen molar-refractivity contribution in [2.45, 2.75) is 44.2 Å². The van der Waals surface area contributed by atoms with Gasteiger partial charge in [-0.1, -0.05) is 12.1 Å². The molecule has 1 saturated heterocycles. The Bertz CT molecular complexity index is 1100. The summed E-state index contributed by atoms with van der Waals surface area (Å²) in [5, 5.41) is 12.2. The third-order valence-electron chi connectivity index (χ3n) is 5.83. The molecule has 4 N–H and O–H groups in total. The van der Waals surface area contributed by atoms with Crippen molar-refractivity contribution < 1.29 is 42.1 Å². The van der Waals surface area contributed by atoms with Gasteiger partial charge in [-0.15, -0.1) is 13.2 Å². The number of phenols is 1. The number of halogens is 3. The number of ether oxygens (including phenoxy) is 2. The normalized spacial score (nSPS) is 21.2. The Kier molecular flexibility index (Phi) is 6.87. The lowest BCUT2D eigenvalue weighted by Gasteiger charge is -2.30. The van der Waals surface area contributed by atoms with Crippen molar-refractivity contribution in [2.24, 2.45) is 5.73 Å². The molecule has 1 fully saturated rings. The fourth-order valence-electron chi connectivity index (χ4n) is 3.72. The van der Waals surface area contributed by atoms with Gasteiger partial charge in [0.2, 0.25) is 11.8 Å². The topological polar surface area (TPSA) is 128 Å². The molecule has 1 aliphatic rings. The van der Waals surface area contributed by atoms with Gasteiger partial charge in [0.15, 0.2) is 5.78 Å². The van der Waals surface area contributed by atoms with E-state index in [2.05, 4.69) is 10.1 Å². The van der Waals surface area contributed by atoms with E-state index >= 15 is 0 Å². The number of aromatic hydroxyl groups is 1. The third-order valence-corrected chi connectivity index (χ3v) is 5.83. The average molecular weight is 480 g/mol. The van der Waals surface area contributed by atoms with Crippen molar-refractivity contribution >= 4 is 17.6 Å². The molecule has 1 aliphatic heterocycles. The van der Waals surface area contributed by atoms with E-state index in [4.69, 9.17) is 10.5 Å². The first-order valence-electron chi connectivity index (χ1n) is 10.2. The van der Waals surface area contributed by atoms with Crippen LogP contribution >= 0.6 is 0 Å². The number of Topliss-reactive ketones (excluding diaryl/α,β-unsaturated/α-hetero) is 1. The summed E-state index contributed by atoms with van der Waals surface area (Å²) in [4.78, 5) is 37.9. The molecule has 0 saturated carbocycles. The van der Waals surface area contributed by atoms with Crippen LogP contribution in [-0.4, -0.2) is 47.3 Å². The predicted molar refractivity (Wildman–Crippen MR) is 113 cm³/mol. The Hall–Kier alpha value is -3.60. The van der Waals surface area contributed by atoms with Crippen molar-refractivity contribution in [2.75, 3.05) is 6.61 Å². The molecule has 0 bridgehead atoms. The van der Waals surface area contributed by atoms with Crippen molar-refractivity contribution in [1.82, 2.24) is 5.32 Å². The van der Waals surface area contributed by atoms with Crippen LogP contribution in [0, 0.1) is 0 Å². The Labute approximate surface area is 192 Å². The van der Waals surface area contributed by atoms with Crippen LogP contribution in [0.1, 0.15) is 41.3 Å². The number of alkyl halides is 3. The number of rotatable bonds is 7. The first-order valence-corrected chi connectivity index (χ1v) is 10.2. The quantitative estimate of drug-likeness (QED) is 0.559. The Balaban J connectivity index is 2.08. The maximum Gasteiger partial charge on any atom is 0.573 e. The molecule has 0 spiro atoms. The second-order valence-corrected chi connectivity index (χ2v) is 8.15. The summed E-state index contributed by atoms with van der Waals surface area (Å²) in [5.41, 5.74) is 4.30. The molecule has 0 aliphatic carbocycles. The van der Waals surface area contributed by atoms with E-state index in [9.17, 15) is 32.7 Å². The van der Waals surface area contributed by atoms with Gasteiger partial charge in [-0.2, -0.15) is 0 Å². The van der Waals surface area contributed by atoms with Crippen LogP contribution in [0.25, 0.3) is 0 Å². The van der Waals surface area contributed by atoms with E-state index in [0.717, 1.165) is 18.2 Å². The van der Waals surface area contributed by atoms with Gasteiger partial charge < -0.3 is 25.6 Å². The molecule has 3 atom stereocenters. The van der Waals surface area contributed by atoms with Crippen LogP contribution in [0.3, 0.4) is 0 Å². The van der Waals surface area contributed by atoms with E-state index < -0.39 is 41.5 Å². The minimum Gasteiger partial charge on any atom is -0.508 e. The molecule has 1 heterocycles. The lowest BCUT2D eigenvalue weighted by molar-refractivity contribution is -0.274. The van der Waals surface area contributed by atoms with Crippen LogP contribution in [0.15, 0.2) is 42.5 Å². The minimum absolute atomic E-state index is 0.0295. The number of phenolic OH excluding ortho intramolecular Hbond substituents is 1. The van der Waals surface area contributed by atoms with Gasteiger partial charge in [-0.05, 0) is 61.7 Å². The molecule has 0 radical (unpaired) electrons. The number of hydrogen-bond acceptors (Lipinski definition) is 6. The number of hydrogen-bond donors (Lipinski definition) is 3. The van der Waals surface area contributed by atoms with Gasteiger partial charge in [-0.3, -0.25) is 14.4 Å². The molecule has 34 heavy (non-hydrogen) atoms. The summed E-state index contributed by atoms with van der Waals surface area (Å²) in [5.74, 6) is -3.97. The number of amides is 2. The smallest absolute Gasteiger partial charge is 0.508 e. The maximum absolute atomic E-state index is 13.5. The molecule has 182 valence electrons. The Morgan fingerprint density at radius 3 is 2.44 bits per heavy atom. The molecular weight excluding hydrogens is 457 g/mol. The highest BCUT2D eigenvalue weighted by molar-refractivity contribution is 6.00. The van der Waals surface area contributed by atoms with Gasteiger partial charge >= 0.3 is 6.36 Å². The molecule has 11 heteroatoms. The van der Waals surface area contributed by atoms with Crippen molar-refractivity contribution in [3.8, 4) is 11.5 Å². The molecule has 3 rings (SSSR count). The van der Waals surface area contributed by atoms with Crippen LogP contribution in [0.2, 0.25) is 0 Å². The van der Waals surface area contributed by atoms with Crippen LogP contribution < -0.4 is 15.8 Å². The van der Waals surface area contributed by atoms with Gasteiger partial charge in [0.05, 0.1) is 12.0 Å². The SMILES string of the molecule is CC1OCC(=O)C1(C)NC(=O)C(Cc1ccc(O)cc1)c1cc(OC(F)(F)F)ccc1C(N)=O. The highest BCUT2D eigenvalue weighted by atomic mass is 19.4. The zero-order chi connectivity index (χ0) is 25.3. The molecular formula is C23H23F3N2O6. The van der Waals surface area contributed by atoms with Crippen molar-refractivity contribution in [1.29, 1.82) is 0 Å². The maximum atomic E-state index is 13.5. The molecule has 8 nitrogen and oxygen atoms in total. The summed E-state index contributed by atoms with van der Waals surface area (Å²) in [6, 6.07) is 8.68. The number of primary amides is 1. The summed E-state index contributed by atoms with van der Waals surface area (Å²) in [6.45, 7) is 2.88. The Morgan fingerprint density at radius 1 is 1.26 bits per heavy atom. The number of ketones is 1. The molecule has 2 aromatic rings. The molecule has 2 amide bonds. The summed E-state index contributed by atoms with van der Waals surface area (Å²) < 4.78 is 47.7. The molecule has 3 unspecified atom stereocenters. The van der Waals surface area contributed by atoms with Gasteiger partial charge in [0.25, 0.3) is 0 Å². The summed E-state index contributed by atoms with van der Waals surface area (Å²) in [7, 11) is 0. The number of benzene rings is 2. The van der Waals surface area contributed by atoms with E-state index in [1.165, 1.54) is 31.2 Å². The lowest BCUT2D eigenvalue weighted by Crippen LogP contribution is -2.56. The fourth-order valence-corrected chi connectivity index (χ4v) is 3.72. The van der Waals surface area contributed by atoms with Crippen LogP contribution in [-0.2, 0) is 20.7 Å². The number of nitrogens with two attached hydrogens (primary N) is 1. The first-order chi connectivity index (χ1) is 15.8. The number of carbonyl (C=O) groups excluding carboxylic acids is 3. The standard InChI is InChI=1S/C23H23F3N2O6/c1-12-22(2,19(30)11-33-12)28-21(32)18(9-13-3-5-14(29)6-4-13)17-10-15(34-23(24,25)26)7-8-16(17)20(27)31/h3-8,10,12,18,29H,9,11H2,1-2H3,(H2,27,31)(H,28,32). The predicted octanol–water partition coefficient (Wildman–Crippen LogP) is 2.58. The highest BCUT2D eigenvalue weighted by Crippen LogP contribution is 2.33. The van der Waals surface area contributed by atoms with E-state index in [1.54, 1.807) is 6.92 Å². The first kappa shape index (κ1) is 25.0. The van der Waals surface area contributed by atoms with Crippen LogP contribution in [0.5, 0.6) is 11.5 Å². The zero-order valence-corrected chi connectivity index (χ0v) is 18.3. The zero-order valence-electron chi connectivity index (χ0n) is 18.3. The van der Waals surface area contributed by atoms with Crippen LogP contribution in [0.4, 0.5) is 13.2 Å². The van der Waals surface area contributed by atoms with E-state index in [1.807, 2.05) is 0 Å². The van der Waals surface area contributed by atoms with Gasteiger partial charge in [0.1, 0.15) is 23.6 Å². The van der Waals surface area contributed by atoms with Crippen molar-refractivity contribution in [3.05, 3.63) is 59.2 Å². The van der Waals surface area contributed by atoms with Gasteiger partial charge in [-0.25, -0.2) is 0 Å². The minimum atomic E-state index is -5.00. The van der Waals surface area contributed by atoms with E-state index in [0.29, 0.717) is 5.56 Å². The Morgan fingerprint density at radius 2 is 1.91 bits per heavy atom. The number of carbonyl (C=O) groups is 3. The summed E-state index contributed by atoms with van der Waals surface area (Å²) in [6.07, 6.45) is -5.74. The van der Waals surface area contributed by atoms with E-state index in [-0.39, 0.29) is 35.7 Å².